The molecular formula is C36H37BO2. The fourth-order valence-corrected chi connectivity index (χ4v) is 7.15. The third-order valence-corrected chi connectivity index (χ3v) is 9.92. The van der Waals surface area contributed by atoms with Crippen LogP contribution in [0.1, 0.15) is 70.9 Å². The summed E-state index contributed by atoms with van der Waals surface area (Å²) < 4.78 is 12.7. The molecular weight excluding hydrogens is 475 g/mol. The van der Waals surface area contributed by atoms with E-state index in [1.54, 1.807) is 5.56 Å². The largest absolute Gasteiger partial charge is 0.494 e. The normalized spacial score (nSPS) is 20.2. The molecule has 3 aliphatic rings. The lowest BCUT2D eigenvalue weighted by molar-refractivity contribution is 0.00578. The summed E-state index contributed by atoms with van der Waals surface area (Å²) in [6.07, 6.45) is 6.49. The highest BCUT2D eigenvalue weighted by atomic mass is 16.7. The van der Waals surface area contributed by atoms with Crippen LogP contribution in [0.5, 0.6) is 0 Å². The third-order valence-electron chi connectivity index (χ3n) is 9.92. The van der Waals surface area contributed by atoms with Crippen LogP contribution in [-0.2, 0) is 14.7 Å². The zero-order chi connectivity index (χ0) is 26.8. The first-order valence-electron chi connectivity index (χ1n) is 14.6. The molecule has 3 heteroatoms. The molecule has 1 saturated carbocycles. The second-order valence-corrected chi connectivity index (χ2v) is 12.7. The van der Waals surface area contributed by atoms with Gasteiger partial charge in [0, 0.05) is 5.41 Å². The van der Waals surface area contributed by atoms with E-state index < -0.39 is 0 Å². The molecule has 1 heterocycles. The molecule has 2 nitrogen and oxygen atoms in total. The number of hydrogen-bond acceptors (Lipinski definition) is 2. The van der Waals surface area contributed by atoms with Crippen molar-refractivity contribution in [3.05, 3.63) is 102 Å². The van der Waals surface area contributed by atoms with E-state index in [0.717, 1.165) is 5.46 Å². The van der Waals surface area contributed by atoms with Crippen molar-refractivity contribution in [2.45, 2.75) is 76.4 Å². The van der Waals surface area contributed by atoms with Gasteiger partial charge in [-0.15, -0.1) is 0 Å². The summed E-state index contributed by atoms with van der Waals surface area (Å²) in [6, 6.07) is 33.9. The van der Waals surface area contributed by atoms with Crippen molar-refractivity contribution >= 4 is 12.6 Å². The van der Waals surface area contributed by atoms with Gasteiger partial charge in [0.25, 0.3) is 0 Å². The molecule has 1 saturated heterocycles. The number of fused-ring (bicyclic) bond motifs is 5. The topological polar surface area (TPSA) is 18.5 Å². The van der Waals surface area contributed by atoms with Gasteiger partial charge < -0.3 is 9.31 Å². The molecule has 2 fully saturated rings. The third kappa shape index (κ3) is 3.85. The molecule has 0 unspecified atom stereocenters. The maximum absolute atomic E-state index is 6.35. The molecule has 0 amide bonds. The van der Waals surface area contributed by atoms with Gasteiger partial charge in [0.15, 0.2) is 0 Å². The second kappa shape index (κ2) is 8.94. The van der Waals surface area contributed by atoms with Crippen LogP contribution in [0.15, 0.2) is 91.0 Å². The highest BCUT2D eigenvalue weighted by Gasteiger charge is 2.51. The lowest BCUT2D eigenvalue weighted by Crippen LogP contribution is -2.41. The van der Waals surface area contributed by atoms with Gasteiger partial charge in [-0.2, -0.15) is 0 Å². The van der Waals surface area contributed by atoms with Gasteiger partial charge in [0.2, 0.25) is 0 Å². The van der Waals surface area contributed by atoms with Crippen molar-refractivity contribution in [3.8, 4) is 33.4 Å². The Hall–Kier alpha value is -3.14. The van der Waals surface area contributed by atoms with Gasteiger partial charge in [0.05, 0.1) is 11.2 Å². The fourth-order valence-electron chi connectivity index (χ4n) is 7.15. The number of rotatable bonds is 3. The van der Waals surface area contributed by atoms with Gasteiger partial charge in [0.1, 0.15) is 0 Å². The Kier molecular flexibility index (Phi) is 5.70. The van der Waals surface area contributed by atoms with Crippen LogP contribution in [0.2, 0.25) is 0 Å². The van der Waals surface area contributed by atoms with E-state index in [1.807, 2.05) is 0 Å². The van der Waals surface area contributed by atoms with Crippen molar-refractivity contribution in [3.63, 3.8) is 0 Å². The minimum absolute atomic E-state index is 0.176. The van der Waals surface area contributed by atoms with Crippen molar-refractivity contribution < 1.29 is 9.31 Å². The van der Waals surface area contributed by atoms with Gasteiger partial charge in [-0.25, -0.2) is 0 Å². The molecule has 0 atom stereocenters. The van der Waals surface area contributed by atoms with Crippen LogP contribution in [0, 0.1) is 0 Å². The standard InChI is InChI=1S/C36H37BO2/c1-34(2)35(3,4)39-37(38-34)28-16-11-14-26(24-28)25-13-10-15-27(23-25)29-18-12-20-32-33(29)30-17-6-7-19-31(30)36(32)21-8-5-9-22-36/h6-7,10-20,23-24H,5,8-9,21-22H2,1-4H3. The maximum Gasteiger partial charge on any atom is 0.494 e. The van der Waals surface area contributed by atoms with Gasteiger partial charge in [-0.3, -0.25) is 0 Å². The Bertz CT molecular complexity index is 1540. The molecule has 0 bridgehead atoms. The van der Waals surface area contributed by atoms with E-state index in [2.05, 4.69) is 119 Å². The first-order chi connectivity index (χ1) is 18.8. The molecule has 2 aliphatic carbocycles. The molecule has 1 aliphatic heterocycles. The van der Waals surface area contributed by atoms with Gasteiger partial charge >= 0.3 is 7.12 Å². The van der Waals surface area contributed by atoms with Gasteiger partial charge in [-0.1, -0.05) is 104 Å². The predicted octanol–water partition coefficient (Wildman–Crippen LogP) is 8.55. The molecule has 0 aromatic heterocycles. The van der Waals surface area contributed by atoms with E-state index in [0.29, 0.717) is 0 Å². The second-order valence-electron chi connectivity index (χ2n) is 12.7. The Morgan fingerprint density at radius 3 is 1.92 bits per heavy atom. The van der Waals surface area contributed by atoms with Crippen LogP contribution in [0.4, 0.5) is 0 Å². The first-order valence-corrected chi connectivity index (χ1v) is 14.6. The van der Waals surface area contributed by atoms with E-state index in [9.17, 15) is 0 Å². The van der Waals surface area contributed by atoms with Crippen molar-refractivity contribution in [1.29, 1.82) is 0 Å². The molecule has 7 rings (SSSR count). The van der Waals surface area contributed by atoms with E-state index in [4.69, 9.17) is 9.31 Å². The first kappa shape index (κ1) is 24.9. The van der Waals surface area contributed by atoms with Gasteiger partial charge in [-0.05, 0) is 96.6 Å². The van der Waals surface area contributed by atoms with Crippen LogP contribution in [-0.4, -0.2) is 18.3 Å². The maximum atomic E-state index is 6.35. The van der Waals surface area contributed by atoms with Crippen LogP contribution in [0.3, 0.4) is 0 Å². The summed E-state index contributed by atoms with van der Waals surface area (Å²) in [6.45, 7) is 8.42. The molecule has 0 radical (unpaired) electrons. The molecule has 4 aromatic carbocycles. The lowest BCUT2D eigenvalue weighted by Gasteiger charge is -2.36. The average molecular weight is 513 g/mol. The van der Waals surface area contributed by atoms with E-state index in [-0.39, 0.29) is 23.7 Å². The Labute approximate surface area is 233 Å². The zero-order valence-corrected chi connectivity index (χ0v) is 23.6. The number of benzene rings is 4. The highest BCUT2D eigenvalue weighted by Crippen LogP contribution is 2.57. The molecule has 0 N–H and O–H groups in total. The summed E-state index contributed by atoms with van der Waals surface area (Å²) in [4.78, 5) is 0. The van der Waals surface area contributed by atoms with E-state index >= 15 is 0 Å². The van der Waals surface area contributed by atoms with E-state index in [1.165, 1.54) is 71.0 Å². The minimum Gasteiger partial charge on any atom is -0.399 e. The van der Waals surface area contributed by atoms with Crippen molar-refractivity contribution in [2.24, 2.45) is 0 Å². The number of hydrogen-bond donors (Lipinski definition) is 0. The quantitative estimate of drug-likeness (QED) is 0.256. The summed E-state index contributed by atoms with van der Waals surface area (Å²) >= 11 is 0. The molecule has 4 aromatic rings. The molecule has 39 heavy (non-hydrogen) atoms. The zero-order valence-electron chi connectivity index (χ0n) is 23.6. The lowest BCUT2D eigenvalue weighted by atomic mass is 9.68. The van der Waals surface area contributed by atoms with Crippen LogP contribution in [0.25, 0.3) is 33.4 Å². The average Bonchev–Trinajstić information content (AvgIpc) is 3.35. The van der Waals surface area contributed by atoms with Crippen molar-refractivity contribution in [1.82, 2.24) is 0 Å². The summed E-state index contributed by atoms with van der Waals surface area (Å²) in [7, 11) is -0.362. The summed E-state index contributed by atoms with van der Waals surface area (Å²) in [5.74, 6) is 0. The Morgan fingerprint density at radius 1 is 0.564 bits per heavy atom. The smallest absolute Gasteiger partial charge is 0.399 e. The monoisotopic (exact) mass is 512 g/mol. The van der Waals surface area contributed by atoms with Crippen molar-refractivity contribution in [2.75, 3.05) is 0 Å². The highest BCUT2D eigenvalue weighted by molar-refractivity contribution is 6.62. The predicted molar refractivity (Wildman–Crippen MR) is 162 cm³/mol. The van der Waals surface area contributed by atoms with Crippen LogP contribution < -0.4 is 5.46 Å². The molecule has 196 valence electrons. The summed E-state index contributed by atoms with van der Waals surface area (Å²) in [5.41, 5.74) is 11.5. The Morgan fingerprint density at radius 2 is 1.15 bits per heavy atom. The summed E-state index contributed by atoms with van der Waals surface area (Å²) in [5, 5.41) is 0. The SMILES string of the molecule is CC1(C)OB(c2cccc(-c3cccc(-c4cccc5c4-c4ccccc4C54CCCCC4)c3)c2)OC1(C)C. The molecule has 1 spiro atoms. The Balaban J connectivity index is 1.30. The van der Waals surface area contributed by atoms with Crippen LogP contribution >= 0.6 is 0 Å². The fraction of sp³-hybridized carbons (Fsp3) is 0.333. The minimum atomic E-state index is -0.362.